The Morgan fingerprint density at radius 1 is 1.22 bits per heavy atom. The molecule has 0 bridgehead atoms. The molecule has 1 aromatic carbocycles. The second-order valence-corrected chi connectivity index (χ2v) is 4.86. The zero-order valence-corrected chi connectivity index (χ0v) is 10.6. The Balaban J connectivity index is 1.87. The number of H-pyrrole nitrogens is 1. The van der Waals surface area contributed by atoms with Crippen LogP contribution in [0.3, 0.4) is 0 Å². The molecule has 0 spiro atoms. The summed E-state index contributed by atoms with van der Waals surface area (Å²) in [7, 11) is 0. The monoisotopic (exact) mass is 242 g/mol. The molecule has 0 aliphatic carbocycles. The molecule has 4 nitrogen and oxygen atoms in total. The zero-order valence-electron chi connectivity index (χ0n) is 10.6. The zero-order chi connectivity index (χ0) is 12.4. The van der Waals surface area contributed by atoms with E-state index >= 15 is 0 Å². The Labute approximate surface area is 107 Å². The highest BCUT2D eigenvalue weighted by Gasteiger charge is 2.19. The van der Waals surface area contributed by atoms with Crippen molar-refractivity contribution < 1.29 is 0 Å². The molecule has 1 atom stereocenters. The van der Waals surface area contributed by atoms with Gasteiger partial charge in [0.1, 0.15) is 5.82 Å². The summed E-state index contributed by atoms with van der Waals surface area (Å²) in [6, 6.07) is 8.55. The molecule has 0 radical (unpaired) electrons. The molecule has 1 unspecified atom stereocenters. The molecule has 1 aromatic heterocycles. The topological polar surface area (TPSA) is 53.6 Å². The third-order valence-corrected chi connectivity index (χ3v) is 3.53. The summed E-state index contributed by atoms with van der Waals surface area (Å²) < 4.78 is 0. The molecule has 18 heavy (non-hydrogen) atoms. The maximum Gasteiger partial charge on any atom is 0.181 e. The summed E-state index contributed by atoms with van der Waals surface area (Å²) in [5.74, 6) is 1.77. The molecule has 1 fully saturated rings. The Morgan fingerprint density at radius 3 is 2.89 bits per heavy atom. The molecule has 1 aliphatic rings. The van der Waals surface area contributed by atoms with E-state index < -0.39 is 0 Å². The largest absolute Gasteiger partial charge is 0.307 e. The number of hydrogen-bond acceptors (Lipinski definition) is 3. The normalized spacial score (nSPS) is 19.9. The van der Waals surface area contributed by atoms with E-state index in [9.17, 15) is 0 Å². The Morgan fingerprint density at radius 2 is 2.11 bits per heavy atom. The van der Waals surface area contributed by atoms with Crippen LogP contribution in [-0.4, -0.2) is 21.7 Å². The summed E-state index contributed by atoms with van der Waals surface area (Å²) in [4.78, 5) is 4.64. The van der Waals surface area contributed by atoms with Crippen LogP contribution in [0.5, 0.6) is 0 Å². The van der Waals surface area contributed by atoms with Gasteiger partial charge in [-0.1, -0.05) is 30.7 Å². The van der Waals surface area contributed by atoms with Crippen molar-refractivity contribution in [1.29, 1.82) is 0 Å². The highest BCUT2D eigenvalue weighted by molar-refractivity contribution is 5.59. The average molecular weight is 242 g/mol. The van der Waals surface area contributed by atoms with Gasteiger partial charge in [-0.3, -0.25) is 5.10 Å². The maximum atomic E-state index is 4.64. The number of benzene rings is 1. The van der Waals surface area contributed by atoms with Crippen molar-refractivity contribution in [3.05, 3.63) is 35.7 Å². The molecule has 3 rings (SSSR count). The van der Waals surface area contributed by atoms with Gasteiger partial charge in [0.2, 0.25) is 0 Å². The van der Waals surface area contributed by atoms with Crippen LogP contribution < -0.4 is 5.32 Å². The summed E-state index contributed by atoms with van der Waals surface area (Å²) in [6.45, 7) is 3.16. The van der Waals surface area contributed by atoms with E-state index in [1.54, 1.807) is 0 Å². The molecule has 1 aliphatic heterocycles. The van der Waals surface area contributed by atoms with E-state index in [1.807, 2.05) is 12.1 Å². The van der Waals surface area contributed by atoms with Gasteiger partial charge in [-0.25, -0.2) is 4.98 Å². The van der Waals surface area contributed by atoms with E-state index in [1.165, 1.54) is 18.4 Å². The fourth-order valence-electron chi connectivity index (χ4n) is 2.46. The first-order valence-corrected chi connectivity index (χ1v) is 6.56. The van der Waals surface area contributed by atoms with Crippen molar-refractivity contribution >= 4 is 0 Å². The lowest BCUT2D eigenvalue weighted by molar-refractivity contribution is 0.398. The molecular weight excluding hydrogens is 224 g/mol. The SMILES string of the molecule is Cc1ccccc1-c1n[nH]c(C2CCCCN2)n1. The Bertz CT molecular complexity index is 526. The van der Waals surface area contributed by atoms with Gasteiger partial charge in [0, 0.05) is 5.56 Å². The standard InChI is InChI=1S/C14H18N4/c1-10-6-2-3-7-11(10)13-16-14(18-17-13)12-8-4-5-9-15-12/h2-3,6-7,12,15H,4-5,8-9H2,1H3,(H,16,17,18). The summed E-state index contributed by atoms with van der Waals surface area (Å²) in [5, 5.41) is 10.9. The molecule has 2 heterocycles. The second kappa shape index (κ2) is 4.90. The van der Waals surface area contributed by atoms with Crippen molar-refractivity contribution in [1.82, 2.24) is 20.5 Å². The first-order chi connectivity index (χ1) is 8.84. The maximum absolute atomic E-state index is 4.64. The van der Waals surface area contributed by atoms with Gasteiger partial charge in [-0.05, 0) is 31.9 Å². The minimum absolute atomic E-state index is 0.337. The van der Waals surface area contributed by atoms with E-state index in [-0.39, 0.29) is 0 Å². The third-order valence-electron chi connectivity index (χ3n) is 3.53. The summed E-state index contributed by atoms with van der Waals surface area (Å²) >= 11 is 0. The van der Waals surface area contributed by atoms with Crippen LogP contribution in [-0.2, 0) is 0 Å². The third kappa shape index (κ3) is 2.16. The van der Waals surface area contributed by atoms with Crippen LogP contribution in [0.4, 0.5) is 0 Å². The van der Waals surface area contributed by atoms with Gasteiger partial charge in [0.15, 0.2) is 5.82 Å². The first-order valence-electron chi connectivity index (χ1n) is 6.56. The van der Waals surface area contributed by atoms with Gasteiger partial charge in [0.05, 0.1) is 6.04 Å². The van der Waals surface area contributed by atoms with Crippen molar-refractivity contribution in [2.24, 2.45) is 0 Å². The summed E-state index contributed by atoms with van der Waals surface area (Å²) in [5.41, 5.74) is 2.32. The van der Waals surface area contributed by atoms with Crippen molar-refractivity contribution in [2.75, 3.05) is 6.54 Å². The molecule has 4 heteroatoms. The van der Waals surface area contributed by atoms with Crippen LogP contribution >= 0.6 is 0 Å². The molecule has 2 aromatic rings. The van der Waals surface area contributed by atoms with E-state index in [0.717, 1.165) is 30.2 Å². The first kappa shape index (κ1) is 11.4. The molecule has 1 saturated heterocycles. The van der Waals surface area contributed by atoms with Gasteiger partial charge < -0.3 is 5.32 Å². The smallest absolute Gasteiger partial charge is 0.181 e. The average Bonchev–Trinajstić information content (AvgIpc) is 2.90. The summed E-state index contributed by atoms with van der Waals surface area (Å²) in [6.07, 6.45) is 3.66. The van der Waals surface area contributed by atoms with Crippen LogP contribution in [0.25, 0.3) is 11.4 Å². The Hall–Kier alpha value is -1.68. The van der Waals surface area contributed by atoms with E-state index in [0.29, 0.717) is 6.04 Å². The second-order valence-electron chi connectivity index (χ2n) is 4.86. The molecule has 2 N–H and O–H groups in total. The van der Waals surface area contributed by atoms with Crippen molar-refractivity contribution in [2.45, 2.75) is 32.2 Å². The number of nitrogens with one attached hydrogen (secondary N) is 2. The van der Waals surface area contributed by atoms with Crippen LogP contribution in [0.2, 0.25) is 0 Å². The Kier molecular flexibility index (Phi) is 3.11. The van der Waals surface area contributed by atoms with Gasteiger partial charge in [0.25, 0.3) is 0 Å². The van der Waals surface area contributed by atoms with Gasteiger partial charge in [-0.15, -0.1) is 0 Å². The minimum Gasteiger partial charge on any atom is -0.307 e. The van der Waals surface area contributed by atoms with E-state index in [4.69, 9.17) is 0 Å². The predicted octanol–water partition coefficient (Wildman–Crippen LogP) is 2.59. The van der Waals surface area contributed by atoms with Crippen LogP contribution in [0.15, 0.2) is 24.3 Å². The fraction of sp³-hybridized carbons (Fsp3) is 0.429. The van der Waals surface area contributed by atoms with Gasteiger partial charge >= 0.3 is 0 Å². The minimum atomic E-state index is 0.337. The molecule has 94 valence electrons. The number of aromatic amines is 1. The number of aromatic nitrogens is 3. The van der Waals surface area contributed by atoms with E-state index in [2.05, 4.69) is 39.6 Å². The number of nitrogens with zero attached hydrogens (tertiary/aromatic N) is 2. The van der Waals surface area contributed by atoms with Crippen LogP contribution in [0.1, 0.15) is 36.7 Å². The lowest BCUT2D eigenvalue weighted by Crippen LogP contribution is -2.27. The molecule has 0 amide bonds. The number of aryl methyl sites for hydroxylation is 1. The lowest BCUT2D eigenvalue weighted by atomic mass is 10.0. The molecular formula is C14H18N4. The van der Waals surface area contributed by atoms with Crippen molar-refractivity contribution in [3.63, 3.8) is 0 Å². The van der Waals surface area contributed by atoms with Gasteiger partial charge in [-0.2, -0.15) is 5.10 Å². The van der Waals surface area contributed by atoms with Crippen molar-refractivity contribution in [3.8, 4) is 11.4 Å². The van der Waals surface area contributed by atoms with Crippen LogP contribution in [0, 0.1) is 6.92 Å². The lowest BCUT2D eigenvalue weighted by Gasteiger charge is -2.20. The number of hydrogen-bond donors (Lipinski definition) is 2. The number of piperidine rings is 1. The highest BCUT2D eigenvalue weighted by Crippen LogP contribution is 2.23. The fourth-order valence-corrected chi connectivity index (χ4v) is 2.46. The predicted molar refractivity (Wildman–Crippen MR) is 71.2 cm³/mol. The quantitative estimate of drug-likeness (QED) is 0.851. The number of rotatable bonds is 2. The molecule has 0 saturated carbocycles. The highest BCUT2D eigenvalue weighted by atomic mass is 15.2.